The van der Waals surface area contributed by atoms with Crippen molar-refractivity contribution in [1.82, 2.24) is 9.97 Å². The lowest BCUT2D eigenvalue weighted by Crippen LogP contribution is -2.05. The lowest BCUT2D eigenvalue weighted by molar-refractivity contribution is -0.114. The zero-order valence-corrected chi connectivity index (χ0v) is 16.1. The number of aryl methyl sites for hydroxylation is 1. The van der Waals surface area contributed by atoms with E-state index in [1.165, 1.54) is 6.92 Å². The lowest BCUT2D eigenvalue weighted by atomic mass is 10.2. The van der Waals surface area contributed by atoms with Gasteiger partial charge in [0, 0.05) is 40.8 Å². The van der Waals surface area contributed by atoms with Crippen molar-refractivity contribution in [3.05, 3.63) is 64.8 Å². The first-order valence-electron chi connectivity index (χ1n) is 8.43. The minimum atomic E-state index is -0.103. The van der Waals surface area contributed by atoms with Crippen LogP contribution in [0.25, 0.3) is 0 Å². The van der Waals surface area contributed by atoms with Crippen LogP contribution in [0, 0.1) is 13.8 Å². The molecule has 0 saturated heterocycles. The van der Waals surface area contributed by atoms with E-state index >= 15 is 0 Å². The maximum atomic E-state index is 11.1. The van der Waals surface area contributed by atoms with Crippen molar-refractivity contribution >= 4 is 46.3 Å². The van der Waals surface area contributed by atoms with E-state index in [4.69, 9.17) is 11.6 Å². The predicted octanol–water partition coefficient (Wildman–Crippen LogP) is 5.19. The Morgan fingerprint density at radius 3 is 2.37 bits per heavy atom. The monoisotopic (exact) mass is 381 g/mol. The van der Waals surface area contributed by atoms with E-state index in [-0.39, 0.29) is 5.91 Å². The Morgan fingerprint density at radius 2 is 1.67 bits per heavy atom. The lowest BCUT2D eigenvalue weighted by Gasteiger charge is -2.12. The molecule has 3 rings (SSSR count). The standard InChI is InChI=1S/C20H20ClN5O/c1-12-11-19(24-16-9-7-15(8-10-16)23-14(3)27)26-20(22-12)25-18-6-4-5-17(21)13(18)2/h4-11H,1-3H3,(H,23,27)(H2,22,24,25,26). The Bertz CT molecular complexity index is 973. The van der Waals surface area contributed by atoms with Gasteiger partial charge in [-0.1, -0.05) is 17.7 Å². The van der Waals surface area contributed by atoms with Gasteiger partial charge in [0.2, 0.25) is 11.9 Å². The third-order valence-corrected chi connectivity index (χ3v) is 4.26. The number of amides is 1. The molecule has 1 heterocycles. The topological polar surface area (TPSA) is 78.9 Å². The number of nitrogens with one attached hydrogen (secondary N) is 3. The summed E-state index contributed by atoms with van der Waals surface area (Å²) in [6.45, 7) is 5.32. The van der Waals surface area contributed by atoms with Crippen LogP contribution in [0.2, 0.25) is 5.02 Å². The summed E-state index contributed by atoms with van der Waals surface area (Å²) in [4.78, 5) is 20.1. The molecule has 0 fully saturated rings. The molecule has 0 aliphatic carbocycles. The van der Waals surface area contributed by atoms with Gasteiger partial charge in [-0.3, -0.25) is 4.79 Å². The average Bonchev–Trinajstić information content (AvgIpc) is 2.60. The van der Waals surface area contributed by atoms with Crippen LogP contribution in [-0.4, -0.2) is 15.9 Å². The second-order valence-electron chi connectivity index (χ2n) is 6.14. The summed E-state index contributed by atoms with van der Waals surface area (Å²) in [5.74, 6) is 1.05. The first-order chi connectivity index (χ1) is 12.9. The number of carbonyl (C=O) groups excluding carboxylic acids is 1. The van der Waals surface area contributed by atoms with Crippen LogP contribution < -0.4 is 16.0 Å². The van der Waals surface area contributed by atoms with E-state index in [9.17, 15) is 4.79 Å². The quantitative estimate of drug-likeness (QED) is 0.566. The second kappa shape index (κ2) is 8.05. The highest BCUT2D eigenvalue weighted by Crippen LogP contribution is 2.26. The first-order valence-corrected chi connectivity index (χ1v) is 8.81. The molecule has 3 aromatic rings. The van der Waals surface area contributed by atoms with Gasteiger partial charge in [0.1, 0.15) is 5.82 Å². The maximum absolute atomic E-state index is 11.1. The van der Waals surface area contributed by atoms with E-state index in [0.29, 0.717) is 16.8 Å². The fourth-order valence-electron chi connectivity index (χ4n) is 2.54. The van der Waals surface area contributed by atoms with E-state index in [1.54, 1.807) is 0 Å². The molecule has 0 saturated carbocycles. The first kappa shape index (κ1) is 18.7. The minimum absolute atomic E-state index is 0.103. The molecule has 1 amide bonds. The van der Waals surface area contributed by atoms with Crippen molar-refractivity contribution in [3.8, 4) is 0 Å². The molecule has 0 spiro atoms. The van der Waals surface area contributed by atoms with E-state index in [1.807, 2.05) is 62.4 Å². The SMILES string of the molecule is CC(=O)Nc1ccc(Nc2cc(C)nc(Nc3cccc(Cl)c3C)n2)cc1. The Kier molecular flexibility index (Phi) is 5.57. The van der Waals surface area contributed by atoms with Gasteiger partial charge < -0.3 is 16.0 Å². The van der Waals surface area contributed by atoms with Crippen LogP contribution in [0.1, 0.15) is 18.2 Å². The number of nitrogens with zero attached hydrogens (tertiary/aromatic N) is 2. The molecule has 0 unspecified atom stereocenters. The summed E-state index contributed by atoms with van der Waals surface area (Å²) in [7, 11) is 0. The van der Waals surface area contributed by atoms with Crippen molar-refractivity contribution in [1.29, 1.82) is 0 Å². The Balaban J connectivity index is 1.79. The number of hydrogen-bond acceptors (Lipinski definition) is 5. The number of benzene rings is 2. The summed E-state index contributed by atoms with van der Waals surface area (Å²) in [6.07, 6.45) is 0. The molecule has 0 bridgehead atoms. The van der Waals surface area contributed by atoms with Crippen molar-refractivity contribution < 1.29 is 4.79 Å². The normalized spacial score (nSPS) is 10.4. The zero-order chi connectivity index (χ0) is 19.4. The van der Waals surface area contributed by atoms with Crippen molar-refractivity contribution in [2.24, 2.45) is 0 Å². The molecular weight excluding hydrogens is 362 g/mol. The van der Waals surface area contributed by atoms with Crippen molar-refractivity contribution in [2.45, 2.75) is 20.8 Å². The molecule has 6 nitrogen and oxygen atoms in total. The largest absolute Gasteiger partial charge is 0.340 e. The summed E-state index contributed by atoms with van der Waals surface area (Å²) < 4.78 is 0. The summed E-state index contributed by atoms with van der Waals surface area (Å²) in [6, 6.07) is 14.9. The van der Waals surface area contributed by atoms with Crippen LogP contribution in [0.15, 0.2) is 48.5 Å². The highest BCUT2D eigenvalue weighted by molar-refractivity contribution is 6.31. The molecule has 0 aliphatic rings. The Labute approximate surface area is 163 Å². The molecule has 3 N–H and O–H groups in total. The van der Waals surface area contributed by atoms with Gasteiger partial charge in [-0.25, -0.2) is 4.98 Å². The number of rotatable bonds is 5. The van der Waals surface area contributed by atoms with Gasteiger partial charge in [0.05, 0.1) is 0 Å². The molecule has 0 atom stereocenters. The minimum Gasteiger partial charge on any atom is -0.340 e. The summed E-state index contributed by atoms with van der Waals surface area (Å²) in [5.41, 5.74) is 4.22. The molecule has 0 aliphatic heterocycles. The van der Waals surface area contributed by atoms with E-state index in [0.717, 1.165) is 28.3 Å². The maximum Gasteiger partial charge on any atom is 0.229 e. The van der Waals surface area contributed by atoms with Gasteiger partial charge in [-0.15, -0.1) is 0 Å². The summed E-state index contributed by atoms with van der Waals surface area (Å²) >= 11 is 6.17. The molecule has 138 valence electrons. The van der Waals surface area contributed by atoms with E-state index < -0.39 is 0 Å². The molecule has 0 radical (unpaired) electrons. The van der Waals surface area contributed by atoms with Crippen LogP contribution in [0.3, 0.4) is 0 Å². The smallest absolute Gasteiger partial charge is 0.229 e. The second-order valence-corrected chi connectivity index (χ2v) is 6.55. The summed E-state index contributed by atoms with van der Waals surface area (Å²) in [5, 5.41) is 9.89. The third kappa shape index (κ3) is 4.95. The van der Waals surface area contributed by atoms with Gasteiger partial charge in [0.15, 0.2) is 0 Å². The average molecular weight is 382 g/mol. The number of carbonyl (C=O) groups is 1. The molecule has 2 aromatic carbocycles. The third-order valence-electron chi connectivity index (χ3n) is 3.85. The van der Waals surface area contributed by atoms with E-state index in [2.05, 4.69) is 25.9 Å². The number of aromatic nitrogens is 2. The molecule has 7 heteroatoms. The highest BCUT2D eigenvalue weighted by Gasteiger charge is 2.07. The van der Waals surface area contributed by atoms with Crippen molar-refractivity contribution in [2.75, 3.05) is 16.0 Å². The molecule has 27 heavy (non-hydrogen) atoms. The van der Waals surface area contributed by atoms with Gasteiger partial charge in [-0.05, 0) is 55.8 Å². The van der Waals surface area contributed by atoms with Gasteiger partial charge >= 0.3 is 0 Å². The molecular formula is C20H20ClN5O. The Morgan fingerprint density at radius 1 is 0.963 bits per heavy atom. The fraction of sp³-hybridized carbons (Fsp3) is 0.150. The predicted molar refractivity (Wildman–Crippen MR) is 110 cm³/mol. The van der Waals surface area contributed by atoms with Gasteiger partial charge in [-0.2, -0.15) is 4.98 Å². The van der Waals surface area contributed by atoms with Crippen LogP contribution in [0.4, 0.5) is 28.8 Å². The Hall–Kier alpha value is -3.12. The number of hydrogen-bond donors (Lipinski definition) is 3. The molecule has 1 aromatic heterocycles. The fourth-order valence-corrected chi connectivity index (χ4v) is 2.71. The van der Waals surface area contributed by atoms with Crippen LogP contribution in [-0.2, 0) is 4.79 Å². The van der Waals surface area contributed by atoms with Gasteiger partial charge in [0.25, 0.3) is 0 Å². The number of halogens is 1. The highest BCUT2D eigenvalue weighted by atomic mass is 35.5. The van der Waals surface area contributed by atoms with Crippen LogP contribution >= 0.6 is 11.6 Å². The van der Waals surface area contributed by atoms with Crippen LogP contribution in [0.5, 0.6) is 0 Å². The zero-order valence-electron chi connectivity index (χ0n) is 15.3. The van der Waals surface area contributed by atoms with Crippen molar-refractivity contribution in [3.63, 3.8) is 0 Å². The number of anilines is 5.